The molecule has 7 heteroatoms. The highest BCUT2D eigenvalue weighted by molar-refractivity contribution is 6.06. The van der Waals surface area contributed by atoms with Crippen LogP contribution in [0.4, 0.5) is 5.69 Å². The lowest BCUT2D eigenvalue weighted by molar-refractivity contribution is -0.124. The van der Waals surface area contributed by atoms with E-state index in [1.165, 1.54) is 0 Å². The van der Waals surface area contributed by atoms with Gasteiger partial charge in [-0.2, -0.15) is 0 Å². The van der Waals surface area contributed by atoms with Gasteiger partial charge in [0.1, 0.15) is 5.84 Å². The van der Waals surface area contributed by atoms with Crippen LogP contribution in [0.1, 0.15) is 92.1 Å². The number of anilines is 1. The van der Waals surface area contributed by atoms with Crippen molar-refractivity contribution in [3.05, 3.63) is 76.4 Å². The molecule has 0 radical (unpaired) electrons. The quantitative estimate of drug-likeness (QED) is 0.308. The van der Waals surface area contributed by atoms with Crippen molar-refractivity contribution < 1.29 is 14.4 Å². The molecular weight excluding hydrogens is 500 g/mol. The van der Waals surface area contributed by atoms with Gasteiger partial charge in [-0.15, -0.1) is 0 Å². The standard InChI is InChI=1S/C33H44N4O3/c1-7-13-37(14-8-2)32(40)27-16-23(5)15-26(20-27)31(39)35-28-11-9-24(10-12-28)17-25-18-29(38)33(6,21-22(3)4)36-30(34)19-25/h9-12,15-16,19-20,22H,7-8,13-14,17-18,21H2,1-6H3,(H2,34,36)(H,35,39). The van der Waals surface area contributed by atoms with E-state index >= 15 is 0 Å². The number of amidine groups is 1. The molecule has 2 aromatic rings. The minimum atomic E-state index is -0.734. The summed E-state index contributed by atoms with van der Waals surface area (Å²) in [5.41, 5.74) is 3.62. The number of allylic oxidation sites excluding steroid dienone is 1. The molecule has 0 fully saturated rings. The van der Waals surface area contributed by atoms with E-state index in [9.17, 15) is 14.4 Å². The van der Waals surface area contributed by atoms with Crippen molar-refractivity contribution in [3.8, 4) is 0 Å². The molecule has 0 aromatic heterocycles. The number of rotatable bonds is 11. The van der Waals surface area contributed by atoms with Crippen LogP contribution in [-0.2, 0) is 11.2 Å². The number of carbonyl (C=O) groups excluding carboxylic acids is 3. The summed E-state index contributed by atoms with van der Waals surface area (Å²) in [4.78, 5) is 41.1. The average Bonchev–Trinajstić information content (AvgIpc) is 2.97. The van der Waals surface area contributed by atoms with Crippen LogP contribution < -0.4 is 10.6 Å². The number of aryl methyl sites for hydroxylation is 1. The van der Waals surface area contributed by atoms with Gasteiger partial charge in [0.15, 0.2) is 5.78 Å². The van der Waals surface area contributed by atoms with E-state index in [-0.39, 0.29) is 23.4 Å². The molecule has 7 nitrogen and oxygen atoms in total. The third kappa shape index (κ3) is 8.13. The lowest BCUT2D eigenvalue weighted by atomic mass is 9.84. The first-order valence-corrected chi connectivity index (χ1v) is 14.3. The molecular formula is C33H44N4O3. The van der Waals surface area contributed by atoms with Gasteiger partial charge in [0.25, 0.3) is 11.8 Å². The fourth-order valence-corrected chi connectivity index (χ4v) is 5.40. The third-order valence-corrected chi connectivity index (χ3v) is 7.08. The second-order valence-corrected chi connectivity index (χ2v) is 11.6. The molecule has 0 bridgehead atoms. The number of amides is 2. The minimum Gasteiger partial charge on any atom is -0.358 e. The number of nitrogens with zero attached hydrogens (tertiary/aromatic N) is 1. The molecule has 1 atom stereocenters. The van der Waals surface area contributed by atoms with Crippen LogP contribution in [0.3, 0.4) is 0 Å². The van der Waals surface area contributed by atoms with Crippen LogP contribution in [0.15, 0.2) is 54.1 Å². The summed E-state index contributed by atoms with van der Waals surface area (Å²) < 4.78 is 0. The van der Waals surface area contributed by atoms with E-state index in [4.69, 9.17) is 5.41 Å². The first-order chi connectivity index (χ1) is 18.9. The van der Waals surface area contributed by atoms with Crippen molar-refractivity contribution in [3.63, 3.8) is 0 Å². The molecule has 1 unspecified atom stereocenters. The van der Waals surface area contributed by atoms with Crippen molar-refractivity contribution in [2.45, 2.75) is 79.2 Å². The number of hydrogen-bond acceptors (Lipinski definition) is 4. The lowest BCUT2D eigenvalue weighted by Crippen LogP contribution is -2.51. The van der Waals surface area contributed by atoms with Crippen LogP contribution in [0.2, 0.25) is 0 Å². The maximum Gasteiger partial charge on any atom is 0.255 e. The fourth-order valence-electron chi connectivity index (χ4n) is 5.40. The highest BCUT2D eigenvalue weighted by atomic mass is 16.2. The second-order valence-electron chi connectivity index (χ2n) is 11.6. The average molecular weight is 545 g/mol. The summed E-state index contributed by atoms with van der Waals surface area (Å²) in [5, 5.41) is 14.4. The van der Waals surface area contributed by atoms with Gasteiger partial charge in [-0.3, -0.25) is 19.8 Å². The molecule has 40 heavy (non-hydrogen) atoms. The normalized spacial score (nSPS) is 17.2. The lowest BCUT2D eigenvalue weighted by Gasteiger charge is -2.30. The summed E-state index contributed by atoms with van der Waals surface area (Å²) in [6.45, 7) is 13.4. The SMILES string of the molecule is CCCN(CCC)C(=O)c1cc(C)cc(C(=O)Nc2ccc(CC3=CC(=N)NC(C)(CC(C)C)C(=O)C3)cc2)c1. The highest BCUT2D eigenvalue weighted by Gasteiger charge is 2.36. The summed E-state index contributed by atoms with van der Waals surface area (Å²) in [6, 6.07) is 12.8. The summed E-state index contributed by atoms with van der Waals surface area (Å²) >= 11 is 0. The van der Waals surface area contributed by atoms with E-state index in [0.717, 1.165) is 29.5 Å². The topological polar surface area (TPSA) is 102 Å². The van der Waals surface area contributed by atoms with E-state index in [0.29, 0.717) is 55.1 Å². The Morgan fingerprint density at radius 1 is 1.05 bits per heavy atom. The number of benzene rings is 2. The Hall–Kier alpha value is -3.74. The Labute approximate surface area is 238 Å². The molecule has 3 N–H and O–H groups in total. The number of Topliss-reactive ketones (excluding diaryl/α,β-unsaturated/α-hetero) is 1. The van der Waals surface area contributed by atoms with Crippen LogP contribution >= 0.6 is 0 Å². The third-order valence-electron chi connectivity index (χ3n) is 7.08. The molecule has 0 spiro atoms. The van der Waals surface area contributed by atoms with Gasteiger partial charge in [-0.05, 0) is 93.0 Å². The van der Waals surface area contributed by atoms with E-state index in [1.54, 1.807) is 18.2 Å². The first-order valence-electron chi connectivity index (χ1n) is 14.3. The Morgan fingerprint density at radius 2 is 1.68 bits per heavy atom. The molecule has 2 aromatic carbocycles. The van der Waals surface area contributed by atoms with Crippen molar-refractivity contribution >= 4 is 29.1 Å². The fraction of sp³-hybridized carbons (Fsp3) is 0.455. The van der Waals surface area contributed by atoms with Gasteiger partial charge in [0, 0.05) is 36.3 Å². The molecule has 0 saturated heterocycles. The maximum atomic E-state index is 13.1. The van der Waals surface area contributed by atoms with Crippen LogP contribution in [0, 0.1) is 18.3 Å². The van der Waals surface area contributed by atoms with Crippen LogP contribution in [-0.4, -0.2) is 47.0 Å². The van der Waals surface area contributed by atoms with Crippen LogP contribution in [0.25, 0.3) is 0 Å². The van der Waals surface area contributed by atoms with Crippen molar-refractivity contribution in [1.82, 2.24) is 10.2 Å². The van der Waals surface area contributed by atoms with Gasteiger partial charge >= 0.3 is 0 Å². The van der Waals surface area contributed by atoms with E-state index in [1.807, 2.05) is 49.1 Å². The smallest absolute Gasteiger partial charge is 0.255 e. The maximum absolute atomic E-state index is 13.1. The zero-order valence-electron chi connectivity index (χ0n) is 24.8. The number of hydrogen-bond donors (Lipinski definition) is 3. The Morgan fingerprint density at radius 3 is 2.27 bits per heavy atom. The summed E-state index contributed by atoms with van der Waals surface area (Å²) in [6.07, 6.45) is 5.06. The zero-order valence-corrected chi connectivity index (χ0v) is 24.8. The Balaban J connectivity index is 1.69. The zero-order chi connectivity index (χ0) is 29.4. The first kappa shape index (κ1) is 30.8. The van der Waals surface area contributed by atoms with Crippen molar-refractivity contribution in [2.75, 3.05) is 18.4 Å². The molecule has 0 saturated carbocycles. The van der Waals surface area contributed by atoms with Gasteiger partial charge in [0.2, 0.25) is 0 Å². The predicted octanol–water partition coefficient (Wildman–Crippen LogP) is 6.32. The molecule has 1 aliphatic rings. The Kier molecular flexibility index (Phi) is 10.4. The molecule has 3 rings (SSSR count). The van der Waals surface area contributed by atoms with Crippen LogP contribution in [0.5, 0.6) is 0 Å². The largest absolute Gasteiger partial charge is 0.358 e. The number of ketones is 1. The highest BCUT2D eigenvalue weighted by Crippen LogP contribution is 2.26. The van der Waals surface area contributed by atoms with Gasteiger partial charge in [0.05, 0.1) is 5.54 Å². The molecule has 1 aliphatic heterocycles. The molecule has 1 heterocycles. The Bertz CT molecular complexity index is 1270. The predicted molar refractivity (Wildman–Crippen MR) is 162 cm³/mol. The van der Waals surface area contributed by atoms with Gasteiger partial charge in [-0.1, -0.05) is 45.4 Å². The summed E-state index contributed by atoms with van der Waals surface area (Å²) in [5.74, 6) is 0.370. The second kappa shape index (κ2) is 13.6. The van der Waals surface area contributed by atoms with Crippen molar-refractivity contribution in [2.24, 2.45) is 5.92 Å². The number of carbonyl (C=O) groups is 3. The molecule has 214 valence electrons. The van der Waals surface area contributed by atoms with E-state index < -0.39 is 5.54 Å². The summed E-state index contributed by atoms with van der Waals surface area (Å²) in [7, 11) is 0. The minimum absolute atomic E-state index is 0.0510. The van der Waals surface area contributed by atoms with Gasteiger partial charge < -0.3 is 15.5 Å². The molecule has 2 amide bonds. The van der Waals surface area contributed by atoms with E-state index in [2.05, 4.69) is 38.3 Å². The van der Waals surface area contributed by atoms with Crippen molar-refractivity contribution in [1.29, 1.82) is 5.41 Å². The molecule has 0 aliphatic carbocycles. The van der Waals surface area contributed by atoms with Gasteiger partial charge in [-0.25, -0.2) is 0 Å². The number of nitrogens with one attached hydrogen (secondary N) is 3. The monoisotopic (exact) mass is 544 g/mol.